The van der Waals surface area contributed by atoms with Crippen LogP contribution in [-0.2, 0) is 19.2 Å². The van der Waals surface area contributed by atoms with Crippen molar-refractivity contribution < 1.29 is 28.8 Å². The number of aryl methyl sites for hydroxylation is 2. The van der Waals surface area contributed by atoms with Crippen molar-refractivity contribution >= 4 is 40.9 Å². The van der Waals surface area contributed by atoms with E-state index in [4.69, 9.17) is 27.1 Å². The number of nitrogens with one attached hydrogen (secondary N) is 2. The van der Waals surface area contributed by atoms with Crippen molar-refractivity contribution in [3.63, 3.8) is 0 Å². The van der Waals surface area contributed by atoms with E-state index in [2.05, 4.69) is 10.6 Å². The van der Waals surface area contributed by atoms with Crippen LogP contribution in [0.2, 0.25) is 5.02 Å². The molecule has 3 atom stereocenters. The number of carbonyl (C=O) groups excluding carboxylic acids is 4. The van der Waals surface area contributed by atoms with Gasteiger partial charge in [0, 0.05) is 21.7 Å². The van der Waals surface area contributed by atoms with Gasteiger partial charge in [0.15, 0.2) is 11.9 Å². The van der Waals surface area contributed by atoms with E-state index < -0.39 is 46.9 Å². The Balaban J connectivity index is 1.99. The van der Waals surface area contributed by atoms with E-state index in [1.54, 1.807) is 40.7 Å². The number of rotatable bonds is 12. The summed E-state index contributed by atoms with van der Waals surface area (Å²) in [6.45, 7) is 14.0. The zero-order chi connectivity index (χ0) is 32.3. The topological polar surface area (TPSA) is 140 Å². The summed E-state index contributed by atoms with van der Waals surface area (Å²) in [5, 5.41) is 5.65. The van der Waals surface area contributed by atoms with Crippen LogP contribution in [0.5, 0.6) is 5.75 Å². The van der Waals surface area contributed by atoms with Crippen molar-refractivity contribution in [2.45, 2.75) is 98.4 Å². The van der Waals surface area contributed by atoms with E-state index in [1.807, 2.05) is 39.0 Å². The molecule has 1 aliphatic heterocycles. The molecule has 2 aromatic carbocycles. The Labute approximate surface area is 258 Å². The fraction of sp³-hybridized carbons (Fsp3) is 0.500. The minimum atomic E-state index is -1.44. The molecular weight excluding hydrogens is 572 g/mol. The molecule has 0 bridgehead atoms. The number of urea groups is 1. The average molecular weight is 615 g/mol. The average Bonchev–Trinajstić information content (AvgIpc) is 3.12. The zero-order valence-electron chi connectivity index (χ0n) is 26.2. The minimum Gasteiger partial charge on any atom is -0.480 e. The fourth-order valence-electron chi connectivity index (χ4n) is 4.96. The van der Waals surface area contributed by atoms with Gasteiger partial charge in [-0.25, -0.2) is 15.6 Å². The summed E-state index contributed by atoms with van der Waals surface area (Å²) in [6, 6.07) is 8.24. The first-order chi connectivity index (χ1) is 20.0. The number of anilines is 1. The maximum Gasteiger partial charge on any atom is 0.325 e. The van der Waals surface area contributed by atoms with Gasteiger partial charge in [-0.1, -0.05) is 63.4 Å². The Morgan fingerprint density at radius 3 is 2.33 bits per heavy atom. The third kappa shape index (κ3) is 7.74. The SMILES string of the molecule is CCCCC(Oc1ccc(C)cc1C)C(=O)Nc1ccc(Cl)c(C(ON)C(C(=O)C(C)(C)C)N2C(=O)NC(C)(C)C2=O)c1. The number of benzene rings is 2. The molecule has 1 heterocycles. The third-order valence-corrected chi connectivity index (χ3v) is 7.74. The maximum absolute atomic E-state index is 13.8. The molecule has 4 amide bonds. The Hall–Kier alpha value is -3.47. The first kappa shape index (κ1) is 34.0. The molecule has 11 heteroatoms. The molecule has 1 fully saturated rings. The quantitative estimate of drug-likeness (QED) is 0.203. The Morgan fingerprint density at radius 1 is 1.12 bits per heavy atom. The number of Topliss-reactive ketones (excluding diaryl/α,β-unsaturated/α-hetero) is 1. The number of ketones is 1. The largest absolute Gasteiger partial charge is 0.480 e. The van der Waals surface area contributed by atoms with Gasteiger partial charge in [0.25, 0.3) is 11.8 Å². The molecule has 0 radical (unpaired) electrons. The summed E-state index contributed by atoms with van der Waals surface area (Å²) in [4.78, 5) is 59.8. The summed E-state index contributed by atoms with van der Waals surface area (Å²) in [5.41, 5.74) is 0.349. The van der Waals surface area contributed by atoms with Gasteiger partial charge in [-0.2, -0.15) is 0 Å². The van der Waals surface area contributed by atoms with Crippen LogP contribution in [0.1, 0.15) is 83.6 Å². The summed E-state index contributed by atoms with van der Waals surface area (Å²) < 4.78 is 6.16. The van der Waals surface area contributed by atoms with Crippen molar-refractivity contribution in [1.82, 2.24) is 10.2 Å². The predicted octanol–water partition coefficient (Wildman–Crippen LogP) is 5.78. The molecule has 3 rings (SSSR count). The Kier molecular flexibility index (Phi) is 10.6. The second kappa shape index (κ2) is 13.4. The normalized spacial score (nSPS) is 16.8. The highest BCUT2D eigenvalue weighted by Gasteiger charge is 2.53. The van der Waals surface area contributed by atoms with Crippen LogP contribution < -0.4 is 21.3 Å². The first-order valence-corrected chi connectivity index (χ1v) is 14.8. The standard InChI is InChI=1S/C32H43ClN4O6/c1-9-10-11-24(42-23-15-12-18(2)16-19(23)3)28(39)35-20-13-14-22(33)21(17-20)26(43-34)25(27(38)31(4,5)6)37-29(40)32(7,8)36-30(37)41/h12-17,24-26H,9-11,34H2,1-8H3,(H,35,39)(H,36,41). The maximum atomic E-state index is 13.8. The van der Waals surface area contributed by atoms with Gasteiger partial charge >= 0.3 is 6.03 Å². The van der Waals surface area contributed by atoms with Gasteiger partial charge < -0.3 is 15.4 Å². The van der Waals surface area contributed by atoms with E-state index in [-0.39, 0.29) is 16.5 Å². The van der Waals surface area contributed by atoms with Gasteiger partial charge in [-0.05, 0) is 70.4 Å². The number of hydrogen-bond acceptors (Lipinski definition) is 7. The summed E-state index contributed by atoms with van der Waals surface area (Å²) in [5.74, 6) is 4.94. The molecule has 0 saturated carbocycles. The van der Waals surface area contributed by atoms with Crippen molar-refractivity contribution in [1.29, 1.82) is 0 Å². The lowest BCUT2D eigenvalue weighted by molar-refractivity contribution is -0.146. The van der Waals surface area contributed by atoms with Gasteiger partial charge in [0.2, 0.25) is 0 Å². The molecule has 43 heavy (non-hydrogen) atoms. The summed E-state index contributed by atoms with van der Waals surface area (Å²) in [7, 11) is 0. The van der Waals surface area contributed by atoms with Crippen molar-refractivity contribution in [2.24, 2.45) is 11.3 Å². The van der Waals surface area contributed by atoms with Gasteiger partial charge in [0.05, 0.1) is 0 Å². The highest BCUT2D eigenvalue weighted by Crippen LogP contribution is 2.37. The molecular formula is C32H43ClN4O6. The molecule has 3 unspecified atom stereocenters. The van der Waals surface area contributed by atoms with E-state index in [0.717, 1.165) is 28.9 Å². The highest BCUT2D eigenvalue weighted by atomic mass is 35.5. The van der Waals surface area contributed by atoms with Crippen LogP contribution >= 0.6 is 11.6 Å². The van der Waals surface area contributed by atoms with E-state index in [0.29, 0.717) is 17.9 Å². The molecule has 1 saturated heterocycles. The monoisotopic (exact) mass is 614 g/mol. The van der Waals surface area contributed by atoms with Gasteiger partial charge in [-0.15, -0.1) is 0 Å². The smallest absolute Gasteiger partial charge is 0.325 e. The van der Waals surface area contributed by atoms with Crippen LogP contribution in [0.15, 0.2) is 36.4 Å². The van der Waals surface area contributed by atoms with Crippen LogP contribution in [0.4, 0.5) is 10.5 Å². The summed E-state index contributed by atoms with van der Waals surface area (Å²) >= 11 is 6.59. The number of hydrogen-bond donors (Lipinski definition) is 3. The molecule has 0 aliphatic carbocycles. The lowest BCUT2D eigenvalue weighted by Crippen LogP contribution is -2.53. The molecule has 10 nitrogen and oxygen atoms in total. The second-order valence-corrected chi connectivity index (χ2v) is 13.0. The molecule has 234 valence electrons. The minimum absolute atomic E-state index is 0.167. The second-order valence-electron chi connectivity index (χ2n) is 12.6. The predicted molar refractivity (Wildman–Crippen MR) is 166 cm³/mol. The van der Waals surface area contributed by atoms with Gasteiger partial charge in [-0.3, -0.25) is 19.2 Å². The molecule has 0 aromatic heterocycles. The fourth-order valence-corrected chi connectivity index (χ4v) is 5.18. The number of ether oxygens (including phenoxy) is 1. The number of nitrogens with two attached hydrogens (primary N) is 1. The van der Waals surface area contributed by atoms with E-state index in [1.165, 1.54) is 12.1 Å². The molecule has 2 aromatic rings. The summed E-state index contributed by atoms with van der Waals surface area (Å²) in [6.07, 6.45) is 0.0436. The number of imide groups is 1. The Morgan fingerprint density at radius 2 is 1.79 bits per heavy atom. The van der Waals surface area contributed by atoms with E-state index in [9.17, 15) is 19.2 Å². The first-order valence-electron chi connectivity index (χ1n) is 14.4. The number of nitrogens with zero attached hydrogens (tertiary/aromatic N) is 1. The number of amides is 4. The number of halogens is 1. The lowest BCUT2D eigenvalue weighted by atomic mass is 9.82. The number of carbonyl (C=O) groups is 4. The highest BCUT2D eigenvalue weighted by molar-refractivity contribution is 6.31. The molecule has 1 aliphatic rings. The Bertz CT molecular complexity index is 1390. The van der Waals surface area contributed by atoms with Crippen LogP contribution in [0.3, 0.4) is 0 Å². The van der Waals surface area contributed by atoms with Crippen LogP contribution in [0, 0.1) is 19.3 Å². The van der Waals surface area contributed by atoms with Gasteiger partial charge in [0.1, 0.15) is 23.4 Å². The molecule has 4 N–H and O–H groups in total. The van der Waals surface area contributed by atoms with Crippen molar-refractivity contribution in [3.8, 4) is 5.75 Å². The zero-order valence-corrected chi connectivity index (χ0v) is 26.9. The van der Waals surface area contributed by atoms with E-state index >= 15 is 0 Å². The van der Waals surface area contributed by atoms with Crippen LogP contribution in [0.25, 0.3) is 0 Å². The third-order valence-electron chi connectivity index (χ3n) is 7.39. The van der Waals surface area contributed by atoms with Crippen molar-refractivity contribution in [2.75, 3.05) is 5.32 Å². The van der Waals surface area contributed by atoms with Crippen molar-refractivity contribution in [3.05, 3.63) is 58.1 Å². The lowest BCUT2D eigenvalue weighted by Gasteiger charge is -2.35. The number of unbranched alkanes of at least 4 members (excludes halogenated alkanes) is 1. The van der Waals surface area contributed by atoms with Crippen LogP contribution in [-0.4, -0.2) is 46.2 Å². The molecule has 0 spiro atoms.